The summed E-state index contributed by atoms with van der Waals surface area (Å²) in [4.78, 5) is 10.8. The first-order valence-corrected chi connectivity index (χ1v) is 20.8. The fourth-order valence-corrected chi connectivity index (χ4v) is 9.77. The molecule has 0 spiro atoms. The highest BCUT2D eigenvalue weighted by Crippen LogP contribution is 2.45. The van der Waals surface area contributed by atoms with Crippen molar-refractivity contribution in [3.63, 3.8) is 0 Å². The predicted molar refractivity (Wildman–Crippen MR) is 255 cm³/mol. The van der Waals surface area contributed by atoms with Gasteiger partial charge in [0.15, 0.2) is 5.82 Å². The molecule has 0 saturated heterocycles. The molecule has 0 aliphatic rings. The van der Waals surface area contributed by atoms with Gasteiger partial charge in [0.25, 0.3) is 0 Å². The summed E-state index contributed by atoms with van der Waals surface area (Å²) in [6.07, 6.45) is 0. The molecule has 0 aliphatic carbocycles. The highest BCUT2D eigenvalue weighted by atomic mass is 16.3. The fourth-order valence-electron chi connectivity index (χ4n) is 9.77. The van der Waals surface area contributed by atoms with E-state index in [-0.39, 0.29) is 0 Å². The Hall–Kier alpha value is -8.14. The average Bonchev–Trinajstić information content (AvgIpc) is 3.77. The minimum absolute atomic E-state index is 0.663. The van der Waals surface area contributed by atoms with Crippen LogP contribution < -0.4 is 0 Å². The highest BCUT2D eigenvalue weighted by molar-refractivity contribution is 6.37. The van der Waals surface area contributed by atoms with Crippen LogP contribution in [0.3, 0.4) is 0 Å². The molecular formula is C58H34N2O. The summed E-state index contributed by atoms with van der Waals surface area (Å²) in [5.41, 5.74) is 8.79. The molecule has 13 aromatic rings. The second kappa shape index (κ2) is 13.2. The molecule has 282 valence electrons. The van der Waals surface area contributed by atoms with Gasteiger partial charge in [0.1, 0.15) is 11.3 Å². The number of hydrogen-bond donors (Lipinski definition) is 0. The number of para-hydroxylation sites is 1. The van der Waals surface area contributed by atoms with Crippen LogP contribution in [0.15, 0.2) is 211 Å². The molecule has 0 bridgehead atoms. The Balaban J connectivity index is 1.11. The second-order valence-electron chi connectivity index (χ2n) is 16.1. The molecule has 0 N–H and O–H groups in total. The zero-order valence-corrected chi connectivity index (χ0v) is 32.9. The quantitative estimate of drug-likeness (QED) is 0.164. The Morgan fingerprint density at radius 1 is 0.295 bits per heavy atom. The molecule has 2 aromatic heterocycles. The Bertz CT molecular complexity index is 3830. The van der Waals surface area contributed by atoms with Crippen molar-refractivity contribution < 1.29 is 4.42 Å². The molecule has 2 heterocycles. The molecule has 0 aliphatic heterocycles. The van der Waals surface area contributed by atoms with Gasteiger partial charge in [0.2, 0.25) is 0 Å². The van der Waals surface area contributed by atoms with Gasteiger partial charge in [-0.1, -0.05) is 176 Å². The van der Waals surface area contributed by atoms with Crippen LogP contribution in [0, 0.1) is 0 Å². The van der Waals surface area contributed by atoms with E-state index >= 15 is 0 Å². The molecule has 3 nitrogen and oxygen atoms in total. The van der Waals surface area contributed by atoms with Crippen molar-refractivity contribution in [2.24, 2.45) is 0 Å². The van der Waals surface area contributed by atoms with Crippen LogP contribution in [0.5, 0.6) is 0 Å². The lowest BCUT2D eigenvalue weighted by Crippen LogP contribution is -1.97. The third kappa shape index (κ3) is 5.31. The molecule has 61 heavy (non-hydrogen) atoms. The van der Waals surface area contributed by atoms with E-state index in [0.717, 1.165) is 55.9 Å². The lowest BCUT2D eigenvalue weighted by molar-refractivity contribution is 0.632. The van der Waals surface area contributed by atoms with E-state index < -0.39 is 0 Å². The number of aromatic nitrogens is 2. The summed E-state index contributed by atoms with van der Waals surface area (Å²) in [7, 11) is 0. The molecule has 0 radical (unpaired) electrons. The lowest BCUT2D eigenvalue weighted by atomic mass is 9.87. The van der Waals surface area contributed by atoms with Crippen LogP contribution in [-0.2, 0) is 0 Å². The van der Waals surface area contributed by atoms with Gasteiger partial charge in [0.05, 0.1) is 11.4 Å². The first kappa shape index (κ1) is 33.8. The van der Waals surface area contributed by atoms with Crippen LogP contribution in [0.25, 0.3) is 132 Å². The van der Waals surface area contributed by atoms with E-state index in [1.54, 1.807) is 0 Å². The van der Waals surface area contributed by atoms with E-state index in [1.807, 2.05) is 24.3 Å². The summed E-state index contributed by atoms with van der Waals surface area (Å²) >= 11 is 0. The maximum absolute atomic E-state index is 6.48. The molecule has 0 fully saturated rings. The van der Waals surface area contributed by atoms with Crippen molar-refractivity contribution in [3.8, 4) is 56.4 Å². The van der Waals surface area contributed by atoms with E-state index in [0.29, 0.717) is 5.82 Å². The zero-order valence-electron chi connectivity index (χ0n) is 32.9. The second-order valence-corrected chi connectivity index (χ2v) is 16.1. The van der Waals surface area contributed by atoms with Crippen molar-refractivity contribution in [2.75, 3.05) is 0 Å². The van der Waals surface area contributed by atoms with Crippen LogP contribution in [-0.4, -0.2) is 9.97 Å². The summed E-state index contributed by atoms with van der Waals surface area (Å²) in [6, 6.07) is 74.0. The Morgan fingerprint density at radius 3 is 1.51 bits per heavy atom. The maximum Gasteiger partial charge on any atom is 0.160 e. The van der Waals surface area contributed by atoms with Gasteiger partial charge in [-0.25, -0.2) is 9.97 Å². The first-order chi connectivity index (χ1) is 30.2. The van der Waals surface area contributed by atoms with Crippen LogP contribution in [0.4, 0.5) is 0 Å². The molecule has 0 amide bonds. The number of hydrogen-bond acceptors (Lipinski definition) is 3. The SMILES string of the molecule is c1ccc(-c2ccc(-c3nc(-c4cc5ccc6cccc7c8cccc9ccc%10cccc(c(c4)c5c67)c%10c98)cc(-c4ccccc4-c4cc5ccccc5o4)n3)cc2)cc1. The summed E-state index contributed by atoms with van der Waals surface area (Å²) < 4.78 is 6.48. The molecule has 13 rings (SSSR count). The zero-order chi connectivity index (χ0) is 40.0. The lowest BCUT2D eigenvalue weighted by Gasteiger charge is -2.17. The van der Waals surface area contributed by atoms with Crippen molar-refractivity contribution in [1.82, 2.24) is 9.97 Å². The number of nitrogens with zero attached hydrogens (tertiary/aromatic N) is 2. The first-order valence-electron chi connectivity index (χ1n) is 20.8. The molecule has 0 unspecified atom stereocenters. The van der Waals surface area contributed by atoms with Gasteiger partial charge >= 0.3 is 0 Å². The number of benzene rings is 10. The van der Waals surface area contributed by atoms with Gasteiger partial charge in [-0.05, 0) is 106 Å². The predicted octanol–water partition coefficient (Wildman–Crippen LogP) is 15.9. The topological polar surface area (TPSA) is 38.9 Å². The Kier molecular flexibility index (Phi) is 7.31. The maximum atomic E-state index is 6.48. The largest absolute Gasteiger partial charge is 0.456 e. The van der Waals surface area contributed by atoms with Crippen molar-refractivity contribution in [2.45, 2.75) is 0 Å². The fraction of sp³-hybridized carbons (Fsp3) is 0. The van der Waals surface area contributed by atoms with Gasteiger partial charge in [0, 0.05) is 27.6 Å². The average molecular weight is 775 g/mol. The molecule has 3 heteroatoms. The van der Waals surface area contributed by atoms with E-state index in [2.05, 4.69) is 182 Å². The van der Waals surface area contributed by atoms with Gasteiger partial charge in [-0.3, -0.25) is 0 Å². The summed E-state index contributed by atoms with van der Waals surface area (Å²) in [6.45, 7) is 0. The smallest absolute Gasteiger partial charge is 0.160 e. The van der Waals surface area contributed by atoms with E-state index in [9.17, 15) is 0 Å². The molecule has 0 atom stereocenters. The molecular weight excluding hydrogens is 741 g/mol. The standard InChI is InChI=1S/C58H34N2O/c1-2-11-35(12-3-1)36-23-28-40(29-24-36)58-59-50(34-51(60-58)44-17-5-6-18-45(44)53-33-41-13-4-7-22-52(41)61-53)43-31-42-30-27-39-15-9-20-47-46-19-8-14-37-25-26-38-16-10-21-48(56(38)54(37)46)49(32-43)57(42)55(39)47/h1-34H. The Morgan fingerprint density at radius 2 is 0.820 bits per heavy atom. The van der Waals surface area contributed by atoms with E-state index in [4.69, 9.17) is 14.4 Å². The summed E-state index contributed by atoms with van der Waals surface area (Å²) in [5, 5.41) is 16.0. The number of fused-ring (bicyclic) bond motifs is 3. The molecule has 0 saturated carbocycles. The molecule has 11 aromatic carbocycles. The van der Waals surface area contributed by atoms with Crippen LogP contribution in [0.2, 0.25) is 0 Å². The van der Waals surface area contributed by atoms with Crippen LogP contribution >= 0.6 is 0 Å². The minimum atomic E-state index is 0.663. The van der Waals surface area contributed by atoms with E-state index in [1.165, 1.54) is 70.2 Å². The normalized spacial score (nSPS) is 11.9. The van der Waals surface area contributed by atoms with Gasteiger partial charge < -0.3 is 4.42 Å². The monoisotopic (exact) mass is 774 g/mol. The summed E-state index contributed by atoms with van der Waals surface area (Å²) in [5.74, 6) is 1.47. The highest BCUT2D eigenvalue weighted by Gasteiger charge is 2.20. The number of rotatable bonds is 5. The number of furan rings is 1. The Labute approximate surface area is 351 Å². The van der Waals surface area contributed by atoms with Crippen molar-refractivity contribution in [3.05, 3.63) is 206 Å². The minimum Gasteiger partial charge on any atom is -0.456 e. The van der Waals surface area contributed by atoms with Crippen molar-refractivity contribution in [1.29, 1.82) is 0 Å². The van der Waals surface area contributed by atoms with Crippen LogP contribution in [0.1, 0.15) is 0 Å². The van der Waals surface area contributed by atoms with Gasteiger partial charge in [-0.2, -0.15) is 0 Å². The van der Waals surface area contributed by atoms with Crippen molar-refractivity contribution >= 4 is 75.6 Å². The third-order valence-corrected chi connectivity index (χ3v) is 12.6. The third-order valence-electron chi connectivity index (χ3n) is 12.6. The van der Waals surface area contributed by atoms with Gasteiger partial charge in [-0.15, -0.1) is 0 Å².